The summed E-state index contributed by atoms with van der Waals surface area (Å²) in [4.78, 5) is 23.8. The van der Waals surface area contributed by atoms with Crippen molar-refractivity contribution in [2.45, 2.75) is 50.7 Å². The molecule has 0 saturated heterocycles. The van der Waals surface area contributed by atoms with E-state index < -0.39 is 24.7 Å². The molecule has 0 bridgehead atoms. The first-order valence-electron chi connectivity index (χ1n) is 8.01. The van der Waals surface area contributed by atoms with Crippen LogP contribution < -0.4 is 16.0 Å². The van der Waals surface area contributed by atoms with Crippen molar-refractivity contribution in [2.75, 3.05) is 13.2 Å². The Hall–Kier alpha value is -2.12. The lowest BCUT2D eigenvalue weighted by Gasteiger charge is -2.32. The fourth-order valence-corrected chi connectivity index (χ4v) is 2.87. The van der Waals surface area contributed by atoms with Crippen molar-refractivity contribution < 1.29 is 14.0 Å². The van der Waals surface area contributed by atoms with E-state index in [0.717, 1.165) is 25.7 Å². The number of aromatic nitrogens is 2. The van der Waals surface area contributed by atoms with Crippen LogP contribution in [0.5, 0.6) is 0 Å². The Balaban J connectivity index is 1.86. The van der Waals surface area contributed by atoms with Gasteiger partial charge in [-0.2, -0.15) is 5.10 Å². The van der Waals surface area contributed by atoms with Gasteiger partial charge in [0, 0.05) is 18.9 Å². The van der Waals surface area contributed by atoms with E-state index >= 15 is 0 Å². The van der Waals surface area contributed by atoms with Crippen LogP contribution in [0.2, 0.25) is 0 Å². The summed E-state index contributed by atoms with van der Waals surface area (Å²) in [6.45, 7) is 0.897. The van der Waals surface area contributed by atoms with Gasteiger partial charge in [-0.1, -0.05) is 12.8 Å². The average molecular weight is 325 g/mol. The highest BCUT2D eigenvalue weighted by Gasteiger charge is 2.28. The zero-order chi connectivity index (χ0) is 16.7. The molecule has 3 N–H and O–H groups in total. The number of hydrogen-bond donors (Lipinski definition) is 3. The lowest BCUT2D eigenvalue weighted by molar-refractivity contribution is -0.122. The normalized spacial score (nSPS) is 22.2. The minimum atomic E-state index is -0.715. The van der Waals surface area contributed by atoms with Gasteiger partial charge < -0.3 is 16.0 Å². The maximum atomic E-state index is 12.1. The van der Waals surface area contributed by atoms with Crippen molar-refractivity contribution in [1.82, 2.24) is 25.7 Å². The fourth-order valence-electron chi connectivity index (χ4n) is 2.87. The molecule has 0 aliphatic heterocycles. The lowest BCUT2D eigenvalue weighted by atomic mass is 9.90. The maximum Gasteiger partial charge on any atom is 0.315 e. The van der Waals surface area contributed by atoms with Crippen molar-refractivity contribution in [2.24, 2.45) is 0 Å². The smallest absolute Gasteiger partial charge is 0.315 e. The van der Waals surface area contributed by atoms with Crippen LogP contribution in [0.4, 0.5) is 9.18 Å². The number of halogens is 1. The van der Waals surface area contributed by atoms with E-state index in [0.29, 0.717) is 0 Å². The number of alkyl halides is 1. The standard InChI is InChI=1S/C15H24FN5O2/c1-11(14(22)17-9-7-16)19-15(23)20-12-5-2-3-6-13(12)21-10-4-8-18-21/h4,8,10-13H,2-3,5-7,9H2,1H3,(H,17,22)(H2,19,20,23)/t11-,12-,13+/m0/s1. The highest BCUT2D eigenvalue weighted by Crippen LogP contribution is 2.27. The highest BCUT2D eigenvalue weighted by molar-refractivity contribution is 5.86. The molecule has 1 fully saturated rings. The predicted molar refractivity (Wildman–Crippen MR) is 83.6 cm³/mol. The number of nitrogens with zero attached hydrogens (tertiary/aromatic N) is 2. The number of carbonyl (C=O) groups excluding carboxylic acids is 2. The molecule has 1 aliphatic rings. The van der Waals surface area contributed by atoms with E-state index in [-0.39, 0.29) is 18.6 Å². The third-order valence-electron chi connectivity index (χ3n) is 4.05. The molecular formula is C15H24FN5O2. The molecule has 0 unspecified atom stereocenters. The summed E-state index contributed by atoms with van der Waals surface area (Å²) < 4.78 is 13.9. The lowest BCUT2D eigenvalue weighted by Crippen LogP contribution is -2.53. The maximum absolute atomic E-state index is 12.1. The Kier molecular flexibility index (Phi) is 6.37. The topological polar surface area (TPSA) is 88.1 Å². The van der Waals surface area contributed by atoms with Crippen LogP contribution in [0.15, 0.2) is 18.5 Å². The van der Waals surface area contributed by atoms with Gasteiger partial charge in [0.15, 0.2) is 0 Å². The van der Waals surface area contributed by atoms with Gasteiger partial charge in [0.2, 0.25) is 5.91 Å². The van der Waals surface area contributed by atoms with Crippen LogP contribution in [-0.4, -0.2) is 47.0 Å². The van der Waals surface area contributed by atoms with Gasteiger partial charge in [0.05, 0.1) is 12.1 Å². The molecule has 128 valence electrons. The molecule has 1 aromatic rings. The minimum absolute atomic E-state index is 0.0234. The molecule has 7 nitrogen and oxygen atoms in total. The Morgan fingerprint density at radius 3 is 2.87 bits per heavy atom. The number of carbonyl (C=O) groups is 2. The number of amides is 3. The van der Waals surface area contributed by atoms with Crippen LogP contribution in [0.1, 0.15) is 38.6 Å². The van der Waals surface area contributed by atoms with Gasteiger partial charge >= 0.3 is 6.03 Å². The van der Waals surface area contributed by atoms with Gasteiger partial charge in [0.1, 0.15) is 12.7 Å². The molecular weight excluding hydrogens is 301 g/mol. The SMILES string of the molecule is C[C@H](NC(=O)N[C@H]1CCCC[C@H]1n1cccn1)C(=O)NCCF. The fraction of sp³-hybridized carbons (Fsp3) is 0.667. The van der Waals surface area contributed by atoms with Crippen molar-refractivity contribution in [1.29, 1.82) is 0 Å². The number of rotatable bonds is 6. The van der Waals surface area contributed by atoms with Crippen molar-refractivity contribution in [3.63, 3.8) is 0 Å². The first-order valence-corrected chi connectivity index (χ1v) is 8.01. The summed E-state index contributed by atoms with van der Waals surface area (Å²) in [6, 6.07) is 0.860. The summed E-state index contributed by atoms with van der Waals surface area (Å²) in [5, 5.41) is 12.2. The monoisotopic (exact) mass is 325 g/mol. The third-order valence-corrected chi connectivity index (χ3v) is 4.05. The summed E-state index contributed by atoms with van der Waals surface area (Å²) >= 11 is 0. The zero-order valence-electron chi connectivity index (χ0n) is 13.3. The summed E-state index contributed by atoms with van der Waals surface area (Å²) in [6.07, 6.45) is 7.61. The van der Waals surface area contributed by atoms with Crippen molar-refractivity contribution >= 4 is 11.9 Å². The van der Waals surface area contributed by atoms with E-state index in [4.69, 9.17) is 0 Å². The van der Waals surface area contributed by atoms with Gasteiger partial charge in [-0.3, -0.25) is 9.48 Å². The van der Waals surface area contributed by atoms with Gasteiger partial charge in [-0.05, 0) is 25.8 Å². The van der Waals surface area contributed by atoms with Crippen molar-refractivity contribution in [3.8, 4) is 0 Å². The Morgan fingerprint density at radius 1 is 1.39 bits per heavy atom. The first kappa shape index (κ1) is 17.2. The molecule has 1 heterocycles. The second-order valence-electron chi connectivity index (χ2n) is 5.76. The number of nitrogens with one attached hydrogen (secondary N) is 3. The van der Waals surface area contributed by atoms with Crippen molar-refractivity contribution in [3.05, 3.63) is 18.5 Å². The minimum Gasteiger partial charge on any atom is -0.352 e. The first-order chi connectivity index (χ1) is 11.1. The molecule has 1 saturated carbocycles. The molecule has 0 radical (unpaired) electrons. The van der Waals surface area contributed by atoms with Crippen LogP contribution in [0, 0.1) is 0 Å². The molecule has 1 aliphatic carbocycles. The molecule has 0 aromatic carbocycles. The second-order valence-corrected chi connectivity index (χ2v) is 5.76. The van der Waals surface area contributed by atoms with E-state index in [1.165, 1.54) is 0 Å². The molecule has 1 aromatic heterocycles. The summed E-state index contributed by atoms with van der Waals surface area (Å²) in [5.41, 5.74) is 0. The Labute approximate surface area is 135 Å². The van der Waals surface area contributed by atoms with Gasteiger partial charge in [-0.25, -0.2) is 9.18 Å². The molecule has 2 rings (SSSR count). The van der Waals surface area contributed by atoms with E-state index in [1.54, 1.807) is 13.1 Å². The molecule has 8 heteroatoms. The van der Waals surface area contributed by atoms with Crippen LogP contribution in [-0.2, 0) is 4.79 Å². The molecule has 0 spiro atoms. The van der Waals surface area contributed by atoms with Crippen LogP contribution in [0.25, 0.3) is 0 Å². The van der Waals surface area contributed by atoms with E-state index in [9.17, 15) is 14.0 Å². The van der Waals surface area contributed by atoms with Gasteiger partial charge in [0.25, 0.3) is 0 Å². The predicted octanol–water partition coefficient (Wildman–Crippen LogP) is 1.14. The molecule has 3 amide bonds. The van der Waals surface area contributed by atoms with E-state index in [2.05, 4.69) is 21.0 Å². The molecule has 3 atom stereocenters. The number of urea groups is 1. The Bertz CT molecular complexity index is 508. The average Bonchev–Trinajstić information content (AvgIpc) is 3.07. The summed E-state index contributed by atoms with van der Waals surface area (Å²) in [7, 11) is 0. The summed E-state index contributed by atoms with van der Waals surface area (Å²) in [5.74, 6) is -0.398. The van der Waals surface area contributed by atoms with Gasteiger partial charge in [-0.15, -0.1) is 0 Å². The second kappa shape index (κ2) is 8.50. The van der Waals surface area contributed by atoms with E-state index in [1.807, 2.05) is 16.9 Å². The quantitative estimate of drug-likeness (QED) is 0.733. The largest absolute Gasteiger partial charge is 0.352 e. The third kappa shape index (κ3) is 4.94. The molecule has 23 heavy (non-hydrogen) atoms. The van der Waals surface area contributed by atoms with Crippen LogP contribution >= 0.6 is 0 Å². The zero-order valence-corrected chi connectivity index (χ0v) is 13.3. The highest BCUT2D eigenvalue weighted by atomic mass is 19.1. The number of hydrogen-bond acceptors (Lipinski definition) is 3. The Morgan fingerprint density at radius 2 is 2.17 bits per heavy atom. The van der Waals surface area contributed by atoms with Crippen LogP contribution in [0.3, 0.4) is 0 Å².